The van der Waals surface area contributed by atoms with Gasteiger partial charge >= 0.3 is 6.03 Å². The number of likely N-dealkylation sites (tertiary alicyclic amines) is 1. The third-order valence-corrected chi connectivity index (χ3v) is 16.7. The second-order valence-electron chi connectivity index (χ2n) is 23.6. The minimum Gasteiger partial charge on any atom is -0.508 e. The van der Waals surface area contributed by atoms with E-state index in [0.717, 1.165) is 0 Å². The van der Waals surface area contributed by atoms with Gasteiger partial charge in [-0.15, -0.1) is 0 Å². The number of H-pyrrole nitrogens is 2. The minimum atomic E-state index is -1.81. The number of nitrogens with two attached hydrogens (primary N) is 2. The summed E-state index contributed by atoms with van der Waals surface area (Å²) in [4.78, 5) is 178. The number of nitrogens with one attached hydrogen (secondary N) is 14. The number of phenols is 1. The number of primary amides is 1. The average Bonchev–Trinajstić information content (AvgIpc) is 1.81. The highest BCUT2D eigenvalue weighted by Crippen LogP contribution is 2.24. The van der Waals surface area contributed by atoms with E-state index in [4.69, 9.17) is 16.9 Å². The minimum absolute atomic E-state index is 0.0236. The lowest BCUT2D eigenvalue weighted by atomic mass is 10.0. The SMILES string of the molecule is N=C(N)NCCC[C@@H](NC(=O)[C@H](CC1C=NC=N1)NC(=O)[C@H](CO)NC(=O)[C@H](Cc1c[nH]c2ccccc12)NC(=O)[C@H](CC1C=NC=N1)NC(=O)[C@@H]1CCC(=O)N1)C(=O)N[C@@H](Cc1c[nH]c2ccccc12)C(=O)N[C@@H](Cc1ccc(O)cc1)C(=O)N1CCC[C@H]1C(=O)NNC(N)=O. The Morgan fingerprint density at radius 1 is 0.608 bits per heavy atom. The van der Waals surface area contributed by atoms with E-state index in [0.29, 0.717) is 44.9 Å². The van der Waals surface area contributed by atoms with Crippen LogP contribution >= 0.6 is 0 Å². The molecular weight excluding hydrogens is 1260 g/mol. The number of fused-ring (bicyclic) bond motifs is 2. The number of aromatic hydroxyl groups is 1. The number of aromatic amines is 2. The number of carbonyl (C=O) groups excluding carboxylic acids is 11. The van der Waals surface area contributed by atoms with Gasteiger partial charge in [0.05, 0.1) is 18.7 Å². The van der Waals surface area contributed by atoms with Gasteiger partial charge in [0.2, 0.25) is 53.2 Å². The fourth-order valence-electron chi connectivity index (χ4n) is 11.7. The quantitative estimate of drug-likeness (QED) is 0.00897. The second kappa shape index (κ2) is 33.0. The van der Waals surface area contributed by atoms with Crippen LogP contribution in [0.4, 0.5) is 4.79 Å². The summed E-state index contributed by atoms with van der Waals surface area (Å²) in [6.07, 6.45) is 8.40. The highest BCUT2D eigenvalue weighted by molar-refractivity contribution is 6.00. The fourth-order valence-corrected chi connectivity index (χ4v) is 11.7. The molecule has 12 amide bonds. The zero-order chi connectivity index (χ0) is 69.1. The molecule has 0 saturated carbocycles. The van der Waals surface area contributed by atoms with Crippen LogP contribution in [-0.4, -0.2) is 207 Å². The van der Waals surface area contributed by atoms with Crippen LogP contribution in [0.1, 0.15) is 68.1 Å². The topological polar surface area (TPSA) is 521 Å². The van der Waals surface area contributed by atoms with E-state index in [1.807, 2.05) is 5.43 Å². The van der Waals surface area contributed by atoms with Crippen LogP contribution in [-0.2, 0) is 67.2 Å². The summed E-state index contributed by atoms with van der Waals surface area (Å²) in [5.41, 5.74) is 18.0. The second-order valence-corrected chi connectivity index (χ2v) is 23.6. The number of carbonyl (C=O) groups is 11. The lowest BCUT2D eigenvalue weighted by Crippen LogP contribution is -2.61. The van der Waals surface area contributed by atoms with Gasteiger partial charge in [0, 0.05) is 98.2 Å². The van der Waals surface area contributed by atoms with Crippen LogP contribution in [0, 0.1) is 5.41 Å². The largest absolute Gasteiger partial charge is 0.508 e. The van der Waals surface area contributed by atoms with Gasteiger partial charge in [0.1, 0.15) is 72.8 Å². The molecule has 512 valence electrons. The van der Waals surface area contributed by atoms with Gasteiger partial charge in [-0.1, -0.05) is 48.5 Å². The number of aromatic nitrogens is 2. The smallest absolute Gasteiger partial charge is 0.330 e. The Morgan fingerprint density at radius 2 is 1.12 bits per heavy atom. The monoisotopic (exact) mass is 1340 g/mol. The number of rotatable bonds is 31. The highest BCUT2D eigenvalue weighted by atomic mass is 16.3. The van der Waals surface area contributed by atoms with Crippen LogP contribution in [0.5, 0.6) is 5.75 Å². The molecule has 3 aromatic carbocycles. The first-order valence-corrected chi connectivity index (χ1v) is 31.4. The van der Waals surface area contributed by atoms with Crippen molar-refractivity contribution < 1.29 is 63.0 Å². The molecule has 2 fully saturated rings. The van der Waals surface area contributed by atoms with Gasteiger partial charge in [-0.25, -0.2) is 20.2 Å². The van der Waals surface area contributed by atoms with Gasteiger partial charge in [-0.05, 0) is 73.1 Å². The highest BCUT2D eigenvalue weighted by Gasteiger charge is 2.41. The number of guanidine groups is 1. The maximum absolute atomic E-state index is 15.1. The number of amides is 12. The summed E-state index contributed by atoms with van der Waals surface area (Å²) in [5, 5.41) is 54.1. The van der Waals surface area contributed by atoms with Crippen molar-refractivity contribution in [3.05, 3.63) is 102 Å². The maximum Gasteiger partial charge on any atom is 0.330 e. The lowest BCUT2D eigenvalue weighted by Gasteiger charge is -2.30. The average molecular weight is 1340 g/mol. The van der Waals surface area contributed by atoms with Crippen LogP contribution in [0.15, 0.2) is 105 Å². The number of hydrogen-bond donors (Lipinski definition) is 18. The molecular formula is C63H77N21O13. The standard InChI is InChI=1S/C63H77N21O13/c64-62(65)69-19-5-11-43(53(88)76-45(22-34-26-70-41-9-3-1-7-39(34)41)55(90)80-49(21-33-13-15-38(86)16-14-33)61(96)84-20-6-12-51(84)60(95)82-83-63(66)97)75-57(92)47(24-36-28-67-31-72-36)79-59(94)50(30-85)81-56(91)46(23-35-27-71-42-10-4-2-8-40(35)42)77-58(93)48(25-37-29-68-32-73-37)78-54(89)44-17-18-52(87)74-44/h1-4,7-10,13-16,26-29,31-32,36-37,43-51,70-71,85-86H,5-6,11-12,17-25,30H2,(H,74,87)(H,75,92)(H,76,88)(H,77,93)(H,78,89)(H,79,94)(H,80,90)(H,81,91)(H,82,95)(H4,64,65,69)(H3,66,83,97)/t36?,37?,43-,44+,45+,46+,47+,48+,49+,50+,51+/m1/s1. The van der Waals surface area contributed by atoms with E-state index < -0.39 is 138 Å². The summed E-state index contributed by atoms with van der Waals surface area (Å²) in [5.74, 6) is -8.63. The summed E-state index contributed by atoms with van der Waals surface area (Å²) < 4.78 is 0. The summed E-state index contributed by atoms with van der Waals surface area (Å²) >= 11 is 0. The Bertz CT molecular complexity index is 3860. The zero-order valence-corrected chi connectivity index (χ0v) is 52.4. The number of urea groups is 1. The Hall–Kier alpha value is -11.6. The lowest BCUT2D eigenvalue weighted by molar-refractivity contribution is -0.142. The van der Waals surface area contributed by atoms with Crippen molar-refractivity contribution in [1.82, 2.24) is 73.6 Å². The van der Waals surface area contributed by atoms with Gasteiger partial charge in [-0.2, -0.15) is 0 Å². The number of benzene rings is 3. The summed E-state index contributed by atoms with van der Waals surface area (Å²) in [7, 11) is 0. The van der Waals surface area contributed by atoms with Gasteiger partial charge < -0.3 is 84.4 Å². The van der Waals surface area contributed by atoms with Crippen molar-refractivity contribution in [2.75, 3.05) is 19.7 Å². The van der Waals surface area contributed by atoms with Gasteiger partial charge in [-0.3, -0.25) is 68.8 Å². The molecule has 4 aliphatic heterocycles. The Balaban J connectivity index is 0.962. The van der Waals surface area contributed by atoms with E-state index in [9.17, 15) is 53.4 Å². The Morgan fingerprint density at radius 3 is 1.66 bits per heavy atom. The predicted molar refractivity (Wildman–Crippen MR) is 353 cm³/mol. The van der Waals surface area contributed by atoms with Crippen LogP contribution in [0.2, 0.25) is 0 Å². The number of aliphatic hydroxyl groups is 1. The molecule has 4 aliphatic rings. The molecule has 0 spiro atoms. The third-order valence-electron chi connectivity index (χ3n) is 16.7. The number of hydrazine groups is 1. The molecule has 97 heavy (non-hydrogen) atoms. The van der Waals surface area contributed by atoms with Crippen LogP contribution in [0.3, 0.4) is 0 Å². The van der Waals surface area contributed by atoms with Gasteiger partial charge in [0.15, 0.2) is 5.96 Å². The van der Waals surface area contributed by atoms with Crippen LogP contribution in [0.25, 0.3) is 21.8 Å². The molecule has 2 saturated heterocycles. The van der Waals surface area contributed by atoms with E-state index in [1.54, 1.807) is 60.9 Å². The molecule has 0 bridgehead atoms. The van der Waals surface area contributed by atoms with Gasteiger partial charge in [0.25, 0.3) is 5.91 Å². The van der Waals surface area contributed by atoms with Crippen molar-refractivity contribution in [2.24, 2.45) is 31.4 Å². The van der Waals surface area contributed by atoms with E-state index in [-0.39, 0.29) is 89.0 Å². The van der Waals surface area contributed by atoms with Crippen molar-refractivity contribution in [2.45, 2.75) is 137 Å². The predicted octanol–water partition coefficient (Wildman–Crippen LogP) is -3.26. The maximum atomic E-state index is 15.1. The molecule has 34 nitrogen and oxygen atoms in total. The molecule has 11 atom stereocenters. The van der Waals surface area contributed by atoms with E-state index in [1.165, 1.54) is 54.3 Å². The number of para-hydroxylation sites is 2. The Labute approximate surface area is 553 Å². The summed E-state index contributed by atoms with van der Waals surface area (Å²) in [6.45, 7) is -0.946. The number of hydrogen-bond acceptors (Lipinski definition) is 18. The normalized spacial score (nSPS) is 18.9. The molecule has 2 aromatic heterocycles. The molecule has 5 aromatic rings. The number of nitrogens with zero attached hydrogens (tertiary/aromatic N) is 5. The zero-order valence-electron chi connectivity index (χ0n) is 52.4. The van der Waals surface area contributed by atoms with E-state index >= 15 is 9.59 Å². The van der Waals surface area contributed by atoms with E-state index in [2.05, 4.69) is 83.2 Å². The molecule has 6 heterocycles. The molecule has 34 heteroatoms. The van der Waals surface area contributed by atoms with Crippen molar-refractivity contribution in [3.8, 4) is 5.75 Å². The molecule has 9 rings (SSSR count). The number of phenolic OH excluding ortho intramolecular Hbond substituents is 1. The first-order chi connectivity index (χ1) is 46.7. The van der Waals surface area contributed by atoms with Crippen molar-refractivity contribution in [1.29, 1.82) is 5.41 Å². The Kier molecular flexibility index (Phi) is 23.7. The van der Waals surface area contributed by atoms with Crippen molar-refractivity contribution in [3.63, 3.8) is 0 Å². The fraction of sp³-hybridized carbons (Fsp3) is 0.397. The number of aliphatic hydroxyl groups excluding tert-OH is 1. The molecule has 2 unspecified atom stereocenters. The first-order valence-electron chi connectivity index (χ1n) is 31.4. The molecule has 0 radical (unpaired) electrons. The van der Waals surface area contributed by atoms with Crippen molar-refractivity contribution >= 4 is 118 Å². The molecule has 20 N–H and O–H groups in total. The van der Waals surface area contributed by atoms with Crippen LogP contribution < -0.4 is 70.2 Å². The molecule has 0 aliphatic carbocycles. The summed E-state index contributed by atoms with van der Waals surface area (Å²) in [6, 6.07) is 4.87. The first kappa shape index (κ1) is 69.8. The number of aliphatic imine (C=N–C) groups is 4. The third kappa shape index (κ3) is 19.1.